The van der Waals surface area contributed by atoms with Crippen LogP contribution in [0.3, 0.4) is 0 Å². The van der Waals surface area contributed by atoms with Crippen molar-refractivity contribution in [2.45, 2.75) is 25.4 Å². The number of halogens is 1. The molecule has 1 aliphatic carbocycles. The second kappa shape index (κ2) is 7.98. The van der Waals surface area contributed by atoms with Gasteiger partial charge in [-0.3, -0.25) is 0 Å². The third-order valence-electron chi connectivity index (χ3n) is 4.19. The molecule has 2 aromatic carbocycles. The summed E-state index contributed by atoms with van der Waals surface area (Å²) >= 11 is 0. The fraction of sp³-hybridized carbons (Fsp3) is 0.316. The van der Waals surface area contributed by atoms with Crippen molar-refractivity contribution >= 4 is 11.7 Å². The third-order valence-corrected chi connectivity index (χ3v) is 4.19. The number of urea groups is 1. The van der Waals surface area contributed by atoms with Crippen molar-refractivity contribution in [2.75, 3.05) is 18.5 Å². The summed E-state index contributed by atoms with van der Waals surface area (Å²) in [5, 5.41) is 15.3. The number of ether oxygens (including phenoxy) is 1. The molecule has 0 aliphatic heterocycles. The molecule has 0 fully saturated rings. The van der Waals surface area contributed by atoms with Gasteiger partial charge in [-0.2, -0.15) is 0 Å². The third kappa shape index (κ3) is 4.48. The van der Waals surface area contributed by atoms with E-state index in [-0.39, 0.29) is 31.0 Å². The Balaban J connectivity index is 1.49. The van der Waals surface area contributed by atoms with E-state index >= 15 is 0 Å². The van der Waals surface area contributed by atoms with E-state index in [2.05, 4.69) is 10.6 Å². The lowest BCUT2D eigenvalue weighted by Gasteiger charge is -2.23. The molecule has 3 rings (SSSR count). The molecule has 6 heteroatoms. The molecular formula is C19H21FN2O3. The highest BCUT2D eigenvalue weighted by molar-refractivity contribution is 5.90. The lowest BCUT2D eigenvalue weighted by Crippen LogP contribution is -2.33. The number of carbonyl (C=O) groups is 1. The normalized spacial score (nSPS) is 16.0. The Bertz CT molecular complexity index is 751. The van der Waals surface area contributed by atoms with E-state index in [9.17, 15) is 14.3 Å². The Labute approximate surface area is 145 Å². The number of para-hydroxylation sites is 1. The summed E-state index contributed by atoms with van der Waals surface area (Å²) in [5.41, 5.74) is 2.86. The van der Waals surface area contributed by atoms with Crippen molar-refractivity contribution in [3.05, 3.63) is 59.4 Å². The van der Waals surface area contributed by atoms with Gasteiger partial charge in [0.05, 0.1) is 12.6 Å². The van der Waals surface area contributed by atoms with Crippen LogP contribution in [0.1, 0.15) is 17.5 Å². The Hall–Kier alpha value is -2.60. The quantitative estimate of drug-likeness (QED) is 0.731. The van der Waals surface area contributed by atoms with Crippen LogP contribution in [0.4, 0.5) is 14.9 Å². The molecule has 0 saturated carbocycles. The van der Waals surface area contributed by atoms with E-state index in [1.807, 2.05) is 18.2 Å². The smallest absolute Gasteiger partial charge is 0.319 e. The molecule has 132 valence electrons. The Morgan fingerprint density at radius 1 is 1.24 bits per heavy atom. The first-order valence-corrected chi connectivity index (χ1v) is 8.34. The van der Waals surface area contributed by atoms with Crippen molar-refractivity contribution in [1.29, 1.82) is 0 Å². The number of hydrogen-bond acceptors (Lipinski definition) is 3. The van der Waals surface area contributed by atoms with Crippen LogP contribution in [-0.2, 0) is 12.8 Å². The maximum absolute atomic E-state index is 13.4. The maximum Gasteiger partial charge on any atom is 0.319 e. The number of aliphatic hydroxyl groups is 1. The van der Waals surface area contributed by atoms with Crippen molar-refractivity contribution in [1.82, 2.24) is 5.32 Å². The van der Waals surface area contributed by atoms with Gasteiger partial charge in [-0.15, -0.1) is 0 Å². The van der Waals surface area contributed by atoms with Gasteiger partial charge in [-0.25, -0.2) is 9.18 Å². The van der Waals surface area contributed by atoms with Crippen LogP contribution >= 0.6 is 0 Å². The molecule has 0 spiro atoms. The Morgan fingerprint density at radius 3 is 2.92 bits per heavy atom. The predicted octanol–water partition coefficient (Wildman–Crippen LogP) is 2.88. The van der Waals surface area contributed by atoms with Gasteiger partial charge in [0.1, 0.15) is 6.61 Å². The Kier molecular flexibility index (Phi) is 5.50. The lowest BCUT2D eigenvalue weighted by atomic mass is 9.88. The SMILES string of the molecule is O=C(NCCOc1ccccc1F)Nc1cccc2c1CC(O)CC2. The van der Waals surface area contributed by atoms with Crippen LogP contribution in [0.15, 0.2) is 42.5 Å². The number of amides is 2. The monoisotopic (exact) mass is 344 g/mol. The van der Waals surface area contributed by atoms with Crippen molar-refractivity contribution in [3.8, 4) is 5.75 Å². The van der Waals surface area contributed by atoms with Crippen LogP contribution in [0.25, 0.3) is 0 Å². The zero-order valence-electron chi connectivity index (χ0n) is 13.8. The fourth-order valence-corrected chi connectivity index (χ4v) is 2.94. The number of aryl methyl sites for hydroxylation is 1. The van der Waals surface area contributed by atoms with Crippen LogP contribution in [0.2, 0.25) is 0 Å². The summed E-state index contributed by atoms with van der Waals surface area (Å²) in [5.74, 6) is -0.266. The van der Waals surface area contributed by atoms with Crippen molar-refractivity contribution in [2.24, 2.45) is 0 Å². The molecule has 0 heterocycles. The largest absolute Gasteiger partial charge is 0.489 e. The summed E-state index contributed by atoms with van der Waals surface area (Å²) < 4.78 is 18.7. The van der Waals surface area contributed by atoms with E-state index < -0.39 is 5.82 Å². The molecule has 25 heavy (non-hydrogen) atoms. The van der Waals surface area contributed by atoms with Gasteiger partial charge < -0.3 is 20.5 Å². The average molecular weight is 344 g/mol. The van der Waals surface area contributed by atoms with Crippen LogP contribution < -0.4 is 15.4 Å². The predicted molar refractivity (Wildman–Crippen MR) is 93.4 cm³/mol. The first kappa shape index (κ1) is 17.2. The highest BCUT2D eigenvalue weighted by Crippen LogP contribution is 2.28. The van der Waals surface area contributed by atoms with E-state index in [0.29, 0.717) is 12.1 Å². The summed E-state index contributed by atoms with van der Waals surface area (Å²) in [4.78, 5) is 12.0. The molecule has 2 aromatic rings. The van der Waals surface area contributed by atoms with E-state index in [1.165, 1.54) is 12.1 Å². The van der Waals surface area contributed by atoms with E-state index in [4.69, 9.17) is 4.74 Å². The molecule has 1 aliphatic rings. The van der Waals surface area contributed by atoms with Gasteiger partial charge in [0, 0.05) is 12.1 Å². The number of hydrogen-bond donors (Lipinski definition) is 3. The molecule has 0 bridgehead atoms. The number of nitrogens with one attached hydrogen (secondary N) is 2. The zero-order chi connectivity index (χ0) is 17.6. The number of anilines is 1. The number of benzene rings is 2. The highest BCUT2D eigenvalue weighted by atomic mass is 19.1. The van der Waals surface area contributed by atoms with Gasteiger partial charge in [0.2, 0.25) is 0 Å². The van der Waals surface area contributed by atoms with Crippen molar-refractivity contribution in [3.63, 3.8) is 0 Å². The number of fused-ring (bicyclic) bond motifs is 1. The van der Waals surface area contributed by atoms with E-state index in [0.717, 1.165) is 24.0 Å². The molecule has 1 unspecified atom stereocenters. The average Bonchev–Trinajstić information content (AvgIpc) is 2.61. The fourth-order valence-electron chi connectivity index (χ4n) is 2.94. The zero-order valence-corrected chi connectivity index (χ0v) is 13.8. The van der Waals surface area contributed by atoms with Gasteiger partial charge in [-0.1, -0.05) is 24.3 Å². The van der Waals surface area contributed by atoms with Gasteiger partial charge >= 0.3 is 6.03 Å². The topological polar surface area (TPSA) is 70.6 Å². The molecule has 1 atom stereocenters. The van der Waals surface area contributed by atoms with E-state index in [1.54, 1.807) is 12.1 Å². The molecule has 3 N–H and O–H groups in total. The molecule has 0 saturated heterocycles. The molecular weight excluding hydrogens is 323 g/mol. The summed E-state index contributed by atoms with van der Waals surface area (Å²) in [6, 6.07) is 11.5. The van der Waals surface area contributed by atoms with Crippen LogP contribution in [-0.4, -0.2) is 30.4 Å². The second-order valence-corrected chi connectivity index (χ2v) is 6.00. The van der Waals surface area contributed by atoms with Crippen LogP contribution in [0.5, 0.6) is 5.75 Å². The molecule has 0 aromatic heterocycles. The molecule has 2 amide bonds. The summed E-state index contributed by atoms with van der Waals surface area (Å²) in [6.07, 6.45) is 1.73. The lowest BCUT2D eigenvalue weighted by molar-refractivity contribution is 0.159. The first-order valence-electron chi connectivity index (χ1n) is 8.34. The Morgan fingerprint density at radius 2 is 2.08 bits per heavy atom. The van der Waals surface area contributed by atoms with Gasteiger partial charge in [0.25, 0.3) is 0 Å². The second-order valence-electron chi connectivity index (χ2n) is 6.00. The first-order chi connectivity index (χ1) is 12.1. The number of rotatable bonds is 5. The summed E-state index contributed by atoms with van der Waals surface area (Å²) in [6.45, 7) is 0.414. The minimum atomic E-state index is -0.429. The highest BCUT2D eigenvalue weighted by Gasteiger charge is 2.19. The molecule has 0 radical (unpaired) electrons. The number of aliphatic hydroxyl groups excluding tert-OH is 1. The minimum absolute atomic E-state index is 0.163. The standard InChI is InChI=1S/C19H21FN2O3/c20-16-5-1-2-7-18(16)25-11-10-21-19(24)22-17-6-3-4-13-8-9-14(23)12-15(13)17/h1-7,14,23H,8-12H2,(H2,21,22,24). The molecule has 5 nitrogen and oxygen atoms in total. The maximum atomic E-state index is 13.4. The summed E-state index contributed by atoms with van der Waals surface area (Å²) in [7, 11) is 0. The van der Waals surface area contributed by atoms with Gasteiger partial charge in [0.15, 0.2) is 11.6 Å². The van der Waals surface area contributed by atoms with Crippen LogP contribution in [0, 0.1) is 5.82 Å². The van der Waals surface area contributed by atoms with Crippen molar-refractivity contribution < 1.29 is 19.0 Å². The minimum Gasteiger partial charge on any atom is -0.489 e. The van der Waals surface area contributed by atoms with Gasteiger partial charge in [-0.05, 0) is 42.2 Å². The number of carbonyl (C=O) groups excluding carboxylic acids is 1.